The molecule has 0 amide bonds. The fourth-order valence-corrected chi connectivity index (χ4v) is 2.75. The number of carbonyl (C=O) groups is 2. The van der Waals surface area contributed by atoms with E-state index >= 15 is 0 Å². The lowest BCUT2D eigenvalue weighted by Gasteiger charge is -2.30. The van der Waals surface area contributed by atoms with E-state index in [4.69, 9.17) is 0 Å². The molecule has 1 atom stereocenters. The van der Waals surface area contributed by atoms with Gasteiger partial charge in [0, 0.05) is 16.6 Å². The van der Waals surface area contributed by atoms with E-state index in [2.05, 4.69) is 30.9 Å². The third-order valence-electron chi connectivity index (χ3n) is 4.16. The highest BCUT2D eigenvalue weighted by molar-refractivity contribution is 5.77. The zero-order valence-electron chi connectivity index (χ0n) is 14.9. The third kappa shape index (κ3) is 5.10. The van der Waals surface area contributed by atoms with Crippen LogP contribution in [0.25, 0.3) is 0 Å². The minimum Gasteiger partial charge on any atom is -0.298 e. The van der Waals surface area contributed by atoms with Crippen molar-refractivity contribution in [1.82, 2.24) is 40.4 Å². The van der Waals surface area contributed by atoms with Crippen molar-refractivity contribution in [2.75, 3.05) is 0 Å². The molecule has 0 spiro atoms. The average molecular weight is 378 g/mol. The average Bonchev–Trinajstić information content (AvgIpc) is 3.44. The Balaban J connectivity index is 0.000000236. The van der Waals surface area contributed by atoms with Crippen LogP contribution in [0.4, 0.5) is 0 Å². The smallest absolute Gasteiger partial charge is 0.162 e. The summed E-state index contributed by atoms with van der Waals surface area (Å²) in [6.07, 6.45) is 11.0. The summed E-state index contributed by atoms with van der Waals surface area (Å²) in [7, 11) is 0. The molecule has 0 N–H and O–H groups in total. The second kappa shape index (κ2) is 9.21. The molecular weight excluding hydrogens is 360 g/mol. The molecule has 2 aromatic heterocycles. The molecule has 28 heavy (non-hydrogen) atoms. The van der Waals surface area contributed by atoms with Crippen LogP contribution in [0.5, 0.6) is 0 Å². The fraction of sp³-hybridized carbons (Fsp3) is 0.222. The highest BCUT2D eigenvalue weighted by Crippen LogP contribution is 2.32. The molecule has 0 radical (unpaired) electrons. The van der Waals surface area contributed by atoms with Crippen molar-refractivity contribution in [2.24, 2.45) is 5.41 Å². The number of tetrazole rings is 2. The molecule has 2 heterocycles. The number of carbonyl (C=O) groups excluding carboxylic acids is 2. The number of aromatic nitrogens is 8. The number of allylic oxidation sites excluding steroid dienone is 4. The maximum atomic E-state index is 10.8. The zero-order valence-corrected chi connectivity index (χ0v) is 14.9. The minimum absolute atomic E-state index is 0.289. The molecule has 0 saturated heterocycles. The summed E-state index contributed by atoms with van der Waals surface area (Å²) in [4.78, 5) is 22.3. The lowest BCUT2D eigenvalue weighted by molar-refractivity contribution is -0.104. The van der Waals surface area contributed by atoms with Gasteiger partial charge in [-0.3, -0.25) is 9.59 Å². The Bertz CT molecular complexity index is 897. The number of hydrogen-bond acceptors (Lipinski definition) is 8. The van der Waals surface area contributed by atoms with Gasteiger partial charge in [-0.1, -0.05) is 48.6 Å². The number of nitrogens with zero attached hydrogens (tertiary/aromatic N) is 8. The SMILES string of the molecule is O=CC1=CCC(Cn2cnnn2)(Cn2ncnn2)C=C1.O=Cc1ccccc1. The normalized spacial score (nSPS) is 17.9. The molecule has 10 nitrogen and oxygen atoms in total. The van der Waals surface area contributed by atoms with E-state index in [0.29, 0.717) is 25.1 Å². The van der Waals surface area contributed by atoms with Gasteiger partial charge in [0.25, 0.3) is 0 Å². The van der Waals surface area contributed by atoms with E-state index in [1.807, 2.05) is 30.4 Å². The Hall–Kier alpha value is -3.82. The van der Waals surface area contributed by atoms with Gasteiger partial charge in [-0.05, 0) is 22.1 Å². The Labute approximate surface area is 160 Å². The van der Waals surface area contributed by atoms with Crippen LogP contribution in [0.15, 0.2) is 66.8 Å². The second-order valence-electron chi connectivity index (χ2n) is 6.22. The number of benzene rings is 1. The minimum atomic E-state index is -0.289. The fourth-order valence-electron chi connectivity index (χ4n) is 2.75. The number of rotatable bonds is 6. The van der Waals surface area contributed by atoms with Gasteiger partial charge >= 0.3 is 0 Å². The van der Waals surface area contributed by atoms with Gasteiger partial charge < -0.3 is 0 Å². The maximum Gasteiger partial charge on any atom is 0.162 e. The quantitative estimate of drug-likeness (QED) is 0.581. The van der Waals surface area contributed by atoms with Crippen LogP contribution in [0, 0.1) is 5.41 Å². The van der Waals surface area contributed by atoms with Crippen molar-refractivity contribution in [3.05, 3.63) is 72.4 Å². The number of aldehydes is 2. The molecule has 1 aliphatic carbocycles. The van der Waals surface area contributed by atoms with Gasteiger partial charge in [-0.2, -0.15) is 4.80 Å². The van der Waals surface area contributed by atoms with Crippen LogP contribution in [0.3, 0.4) is 0 Å². The molecule has 3 aromatic rings. The monoisotopic (exact) mass is 378 g/mol. The summed E-state index contributed by atoms with van der Waals surface area (Å²) in [5.74, 6) is 0. The molecule has 1 unspecified atom stereocenters. The van der Waals surface area contributed by atoms with Gasteiger partial charge in [0.1, 0.15) is 18.9 Å². The topological polar surface area (TPSA) is 121 Å². The van der Waals surface area contributed by atoms with Crippen molar-refractivity contribution in [2.45, 2.75) is 19.5 Å². The summed E-state index contributed by atoms with van der Waals surface area (Å²) < 4.78 is 1.65. The Morgan fingerprint density at radius 3 is 2.43 bits per heavy atom. The predicted molar refractivity (Wildman–Crippen MR) is 97.8 cm³/mol. The summed E-state index contributed by atoms with van der Waals surface area (Å²) in [6.45, 7) is 1.10. The largest absolute Gasteiger partial charge is 0.298 e. The first-order chi connectivity index (χ1) is 13.7. The lowest BCUT2D eigenvalue weighted by Crippen LogP contribution is -2.32. The summed E-state index contributed by atoms with van der Waals surface area (Å²) in [6, 6.07) is 9.10. The highest BCUT2D eigenvalue weighted by atomic mass is 16.1. The first-order valence-corrected chi connectivity index (χ1v) is 8.49. The van der Waals surface area contributed by atoms with Crippen LogP contribution in [-0.4, -0.2) is 53.0 Å². The third-order valence-corrected chi connectivity index (χ3v) is 4.16. The molecule has 1 aliphatic rings. The van der Waals surface area contributed by atoms with Gasteiger partial charge in [-0.25, -0.2) is 4.68 Å². The summed E-state index contributed by atoms with van der Waals surface area (Å²) in [5.41, 5.74) is 1.11. The first kappa shape index (κ1) is 19.0. The molecule has 0 bridgehead atoms. The van der Waals surface area contributed by atoms with E-state index in [1.165, 1.54) is 11.1 Å². The van der Waals surface area contributed by atoms with Crippen molar-refractivity contribution in [1.29, 1.82) is 0 Å². The standard InChI is InChI=1S/C11H12N8O.C7H6O/c20-5-10-1-3-11(4-2-10,6-18-9-13-15-17-18)7-19-14-8-12-16-19;8-6-7-4-2-1-3-5-7/h1-3,5,8-9H,4,6-7H2;1-6H. The molecule has 1 aromatic carbocycles. The van der Waals surface area contributed by atoms with Gasteiger partial charge in [-0.15, -0.1) is 15.3 Å². The Kier molecular flexibility index (Phi) is 6.24. The van der Waals surface area contributed by atoms with E-state index < -0.39 is 0 Å². The lowest BCUT2D eigenvalue weighted by atomic mass is 9.80. The van der Waals surface area contributed by atoms with E-state index in [1.54, 1.807) is 29.2 Å². The van der Waals surface area contributed by atoms with E-state index in [0.717, 1.165) is 18.1 Å². The van der Waals surface area contributed by atoms with Crippen LogP contribution >= 0.6 is 0 Å². The van der Waals surface area contributed by atoms with Crippen molar-refractivity contribution in [3.63, 3.8) is 0 Å². The summed E-state index contributed by atoms with van der Waals surface area (Å²) >= 11 is 0. The predicted octanol–water partition coefficient (Wildman–Crippen LogP) is 0.930. The van der Waals surface area contributed by atoms with Crippen LogP contribution in [-0.2, 0) is 17.9 Å². The molecular formula is C18H18N8O2. The Morgan fingerprint density at radius 2 is 1.89 bits per heavy atom. The molecule has 0 fully saturated rings. The van der Waals surface area contributed by atoms with Crippen molar-refractivity contribution < 1.29 is 9.59 Å². The van der Waals surface area contributed by atoms with Crippen LogP contribution in [0.1, 0.15) is 16.8 Å². The molecule has 4 rings (SSSR count). The van der Waals surface area contributed by atoms with Gasteiger partial charge in [0.2, 0.25) is 0 Å². The molecule has 0 aliphatic heterocycles. The van der Waals surface area contributed by atoms with Crippen molar-refractivity contribution >= 4 is 12.6 Å². The van der Waals surface area contributed by atoms with Gasteiger partial charge in [0.05, 0.1) is 13.1 Å². The van der Waals surface area contributed by atoms with Crippen LogP contribution < -0.4 is 0 Å². The highest BCUT2D eigenvalue weighted by Gasteiger charge is 2.31. The van der Waals surface area contributed by atoms with E-state index in [-0.39, 0.29) is 5.41 Å². The van der Waals surface area contributed by atoms with Crippen LogP contribution in [0.2, 0.25) is 0 Å². The number of hydrogen-bond donors (Lipinski definition) is 0. The molecule has 10 heteroatoms. The zero-order chi connectivity index (χ0) is 19.7. The van der Waals surface area contributed by atoms with Crippen molar-refractivity contribution in [3.8, 4) is 0 Å². The van der Waals surface area contributed by atoms with E-state index in [9.17, 15) is 9.59 Å². The van der Waals surface area contributed by atoms with Gasteiger partial charge in [0.15, 0.2) is 6.33 Å². The molecule has 142 valence electrons. The second-order valence-corrected chi connectivity index (χ2v) is 6.22. The maximum absolute atomic E-state index is 10.8. The first-order valence-electron chi connectivity index (χ1n) is 8.49. The Morgan fingerprint density at radius 1 is 1.04 bits per heavy atom. The molecule has 0 saturated carbocycles. The summed E-state index contributed by atoms with van der Waals surface area (Å²) in [5, 5.41) is 22.8.